The van der Waals surface area contributed by atoms with Crippen LogP contribution in [0.25, 0.3) is 0 Å². The van der Waals surface area contributed by atoms with E-state index in [1.807, 2.05) is 31.2 Å². The lowest BCUT2D eigenvalue weighted by atomic mass is 10.1. The fourth-order valence-corrected chi connectivity index (χ4v) is 2.66. The van der Waals surface area contributed by atoms with Crippen molar-refractivity contribution in [2.24, 2.45) is 5.14 Å². The minimum absolute atomic E-state index is 0.187. The molecule has 1 heterocycles. The highest BCUT2D eigenvalue weighted by atomic mass is 35.5. The lowest BCUT2D eigenvalue weighted by molar-refractivity contribution is 0.391. The molecule has 1 aromatic carbocycles. The number of sulfonamides is 1. The Kier molecular flexibility index (Phi) is 5.05. The van der Waals surface area contributed by atoms with Crippen LogP contribution >= 0.6 is 11.6 Å². The minimum Gasteiger partial charge on any atom is -0.447 e. The van der Waals surface area contributed by atoms with Gasteiger partial charge in [0.15, 0.2) is 0 Å². The summed E-state index contributed by atoms with van der Waals surface area (Å²) in [4.78, 5) is 0. The summed E-state index contributed by atoms with van der Waals surface area (Å²) in [5, 5.41) is 8.74. The van der Waals surface area contributed by atoms with Crippen molar-refractivity contribution in [2.75, 3.05) is 0 Å². The van der Waals surface area contributed by atoms with Crippen LogP contribution in [-0.4, -0.2) is 14.5 Å². The molecule has 1 atom stereocenters. The molecular weight excluding hydrogens is 312 g/mol. The topological polar surface area (TPSA) is 85.3 Å². The molecule has 0 spiro atoms. The average Bonchev–Trinajstić information content (AvgIpc) is 2.85. The molecule has 2 aromatic rings. The summed E-state index contributed by atoms with van der Waals surface area (Å²) in [5.74, 6) is 0.525. The lowest BCUT2D eigenvalue weighted by Gasteiger charge is -2.13. The molecule has 21 heavy (non-hydrogen) atoms. The first-order valence-corrected chi connectivity index (χ1v) is 8.36. The van der Waals surface area contributed by atoms with E-state index < -0.39 is 10.0 Å². The van der Waals surface area contributed by atoms with Gasteiger partial charge in [0.25, 0.3) is 10.0 Å². The quantitative estimate of drug-likeness (QED) is 0.852. The van der Waals surface area contributed by atoms with Crippen molar-refractivity contribution in [3.05, 3.63) is 52.7 Å². The smallest absolute Gasteiger partial charge is 0.271 e. The van der Waals surface area contributed by atoms with Gasteiger partial charge in [-0.3, -0.25) is 0 Å². The molecular formula is C14H17ClN2O3S. The number of nitrogens with two attached hydrogens (primary N) is 1. The van der Waals surface area contributed by atoms with Gasteiger partial charge in [0.05, 0.1) is 6.54 Å². The van der Waals surface area contributed by atoms with E-state index in [4.69, 9.17) is 21.2 Å². The third-order valence-corrected chi connectivity index (χ3v) is 3.99. The number of halogens is 1. The Morgan fingerprint density at radius 2 is 2.10 bits per heavy atom. The van der Waals surface area contributed by atoms with Gasteiger partial charge < -0.3 is 9.73 Å². The Morgan fingerprint density at radius 3 is 2.71 bits per heavy atom. The number of hydrogen-bond acceptors (Lipinski definition) is 4. The van der Waals surface area contributed by atoms with Crippen molar-refractivity contribution in [2.45, 2.75) is 31.0 Å². The molecule has 114 valence electrons. The number of furan rings is 1. The number of primary sulfonamides is 1. The van der Waals surface area contributed by atoms with E-state index in [1.165, 1.54) is 6.07 Å². The molecule has 0 bridgehead atoms. The van der Waals surface area contributed by atoms with Crippen LogP contribution in [0.3, 0.4) is 0 Å². The Balaban J connectivity index is 1.89. The Labute approximate surface area is 129 Å². The molecule has 5 nitrogen and oxygen atoms in total. The molecule has 7 heteroatoms. The molecule has 2 rings (SSSR count). The third kappa shape index (κ3) is 4.86. The Morgan fingerprint density at radius 1 is 1.33 bits per heavy atom. The summed E-state index contributed by atoms with van der Waals surface area (Å²) in [7, 11) is -3.78. The molecule has 1 aromatic heterocycles. The monoisotopic (exact) mass is 328 g/mol. The van der Waals surface area contributed by atoms with Crippen molar-refractivity contribution in [1.29, 1.82) is 0 Å². The van der Waals surface area contributed by atoms with Crippen LogP contribution in [0, 0.1) is 0 Å². The van der Waals surface area contributed by atoms with Crippen LogP contribution in [0.1, 0.15) is 18.2 Å². The molecule has 0 amide bonds. The molecule has 0 aliphatic carbocycles. The van der Waals surface area contributed by atoms with E-state index in [-0.39, 0.29) is 11.1 Å². The van der Waals surface area contributed by atoms with Crippen LogP contribution in [0.2, 0.25) is 5.02 Å². The second-order valence-corrected chi connectivity index (χ2v) is 6.81. The van der Waals surface area contributed by atoms with Gasteiger partial charge in [-0.1, -0.05) is 23.7 Å². The van der Waals surface area contributed by atoms with Gasteiger partial charge in [-0.25, -0.2) is 13.6 Å². The van der Waals surface area contributed by atoms with E-state index >= 15 is 0 Å². The van der Waals surface area contributed by atoms with Crippen molar-refractivity contribution in [3.8, 4) is 0 Å². The van der Waals surface area contributed by atoms with Gasteiger partial charge in [-0.05, 0) is 43.2 Å². The van der Waals surface area contributed by atoms with Crippen molar-refractivity contribution in [1.82, 2.24) is 5.32 Å². The summed E-state index contributed by atoms with van der Waals surface area (Å²) >= 11 is 5.94. The fraction of sp³-hybridized carbons (Fsp3) is 0.286. The number of benzene rings is 1. The summed E-state index contributed by atoms with van der Waals surface area (Å²) in [6.07, 6.45) is 0.809. The lowest BCUT2D eigenvalue weighted by Crippen LogP contribution is -2.27. The largest absolute Gasteiger partial charge is 0.447 e. The molecule has 0 saturated carbocycles. The van der Waals surface area contributed by atoms with Crippen molar-refractivity contribution in [3.63, 3.8) is 0 Å². The zero-order valence-electron chi connectivity index (χ0n) is 11.5. The van der Waals surface area contributed by atoms with Gasteiger partial charge in [0.2, 0.25) is 5.09 Å². The average molecular weight is 329 g/mol. The molecule has 3 N–H and O–H groups in total. The maximum atomic E-state index is 11.1. The highest BCUT2D eigenvalue weighted by molar-refractivity contribution is 7.89. The van der Waals surface area contributed by atoms with E-state index in [0.29, 0.717) is 17.3 Å². The first-order valence-electron chi connectivity index (χ1n) is 6.44. The number of nitrogens with one attached hydrogen (secondary N) is 1. The molecule has 0 saturated heterocycles. The van der Waals surface area contributed by atoms with Gasteiger partial charge in [-0.15, -0.1) is 0 Å². The molecule has 0 radical (unpaired) electrons. The maximum Gasteiger partial charge on any atom is 0.271 e. The summed E-state index contributed by atoms with van der Waals surface area (Å²) in [6, 6.07) is 10.8. The standard InChI is InChI=1S/C14H17ClN2O3S/c1-10(7-11-3-2-4-12(15)8-11)17-9-13-5-6-14(20-13)21(16,18)19/h2-6,8,10,17H,7,9H2,1H3,(H2,16,18,19). The van der Waals surface area contributed by atoms with Crippen LogP contribution in [0.5, 0.6) is 0 Å². The molecule has 0 aliphatic rings. The number of rotatable bonds is 6. The number of hydrogen-bond donors (Lipinski definition) is 2. The Bertz CT molecular complexity index is 713. The molecule has 0 fully saturated rings. The van der Waals surface area contributed by atoms with Crippen LogP contribution < -0.4 is 10.5 Å². The summed E-state index contributed by atoms with van der Waals surface area (Å²) in [6.45, 7) is 2.46. The normalized spacial score (nSPS) is 13.3. The van der Waals surface area contributed by atoms with E-state index in [9.17, 15) is 8.42 Å². The van der Waals surface area contributed by atoms with Crippen LogP contribution in [0.4, 0.5) is 0 Å². The van der Waals surface area contributed by atoms with Crippen molar-refractivity contribution >= 4 is 21.6 Å². The predicted molar refractivity (Wildman–Crippen MR) is 81.5 cm³/mol. The second kappa shape index (κ2) is 6.62. The van der Waals surface area contributed by atoms with Gasteiger partial charge in [0.1, 0.15) is 5.76 Å². The highest BCUT2D eigenvalue weighted by Gasteiger charge is 2.13. The maximum absolute atomic E-state index is 11.1. The molecule has 1 unspecified atom stereocenters. The van der Waals surface area contributed by atoms with Crippen molar-refractivity contribution < 1.29 is 12.8 Å². The van der Waals surface area contributed by atoms with E-state index in [2.05, 4.69) is 5.32 Å². The summed E-state index contributed by atoms with van der Waals surface area (Å²) in [5.41, 5.74) is 1.13. The highest BCUT2D eigenvalue weighted by Crippen LogP contribution is 2.14. The van der Waals surface area contributed by atoms with Crippen LogP contribution in [0.15, 0.2) is 45.9 Å². The van der Waals surface area contributed by atoms with Gasteiger partial charge in [0, 0.05) is 11.1 Å². The van der Waals surface area contributed by atoms with Crippen LogP contribution in [-0.2, 0) is 23.0 Å². The molecule has 0 aliphatic heterocycles. The zero-order valence-corrected chi connectivity index (χ0v) is 13.1. The van der Waals surface area contributed by atoms with Gasteiger partial charge >= 0.3 is 0 Å². The second-order valence-electron chi connectivity index (χ2n) is 4.88. The predicted octanol–water partition coefficient (Wildman–Crippen LogP) is 2.30. The zero-order chi connectivity index (χ0) is 15.5. The van der Waals surface area contributed by atoms with E-state index in [0.717, 1.165) is 12.0 Å². The third-order valence-electron chi connectivity index (χ3n) is 2.97. The minimum atomic E-state index is -3.78. The fourth-order valence-electron chi connectivity index (χ4n) is 1.97. The van der Waals surface area contributed by atoms with Gasteiger partial charge in [-0.2, -0.15) is 0 Å². The Hall–Kier alpha value is -1.34. The first kappa shape index (κ1) is 16.0. The van der Waals surface area contributed by atoms with E-state index in [1.54, 1.807) is 6.07 Å². The SMILES string of the molecule is CC(Cc1cccc(Cl)c1)NCc1ccc(S(N)(=O)=O)o1. The summed E-state index contributed by atoms with van der Waals surface area (Å²) < 4.78 is 27.4. The first-order chi connectivity index (χ1) is 9.84.